The van der Waals surface area contributed by atoms with Crippen LogP contribution in [0.25, 0.3) is 0 Å². The molecule has 0 unspecified atom stereocenters. The Labute approximate surface area is 113 Å². The molecule has 110 valence electrons. The molecule has 7 heteroatoms. The van der Waals surface area contributed by atoms with Gasteiger partial charge in [0.25, 0.3) is 0 Å². The number of nitrogens with one attached hydrogen (secondary N) is 1. The molecule has 1 atom stereocenters. The Bertz CT molecular complexity index is 314. The average molecular weight is 273 g/mol. The van der Waals surface area contributed by atoms with Crippen molar-refractivity contribution in [3.63, 3.8) is 0 Å². The molecule has 1 fully saturated rings. The van der Waals surface area contributed by atoms with Gasteiger partial charge >= 0.3 is 12.0 Å². The van der Waals surface area contributed by atoms with E-state index in [4.69, 9.17) is 10.2 Å². The van der Waals surface area contributed by atoms with Gasteiger partial charge in [0.05, 0.1) is 0 Å². The summed E-state index contributed by atoms with van der Waals surface area (Å²) in [6, 6.07) is -0.918. The number of hydrogen-bond acceptors (Lipinski definition) is 4. The Balaban J connectivity index is 2.44. The van der Waals surface area contributed by atoms with Crippen LogP contribution in [0.2, 0.25) is 0 Å². The van der Waals surface area contributed by atoms with Crippen molar-refractivity contribution in [2.45, 2.75) is 31.3 Å². The van der Waals surface area contributed by atoms with E-state index in [9.17, 15) is 9.59 Å². The first-order chi connectivity index (χ1) is 8.95. The number of piperidine rings is 1. The molecule has 3 N–H and O–H groups in total. The molecule has 19 heavy (non-hydrogen) atoms. The predicted octanol–water partition coefficient (Wildman–Crippen LogP) is -0.442. The molecule has 0 bridgehead atoms. The van der Waals surface area contributed by atoms with Gasteiger partial charge in [-0.25, -0.2) is 9.59 Å². The van der Waals surface area contributed by atoms with E-state index in [1.807, 2.05) is 14.1 Å². The van der Waals surface area contributed by atoms with Crippen molar-refractivity contribution in [3.8, 4) is 0 Å². The van der Waals surface area contributed by atoms with Crippen LogP contribution >= 0.6 is 0 Å². The number of aliphatic hydroxyl groups is 1. The Morgan fingerprint density at radius 3 is 2.37 bits per heavy atom. The summed E-state index contributed by atoms with van der Waals surface area (Å²) >= 11 is 0. The zero-order valence-electron chi connectivity index (χ0n) is 11.5. The molecule has 1 aliphatic heterocycles. The number of carbonyl (C=O) groups excluding carboxylic acids is 1. The minimum Gasteiger partial charge on any atom is -0.480 e. The molecule has 1 aliphatic rings. The highest BCUT2D eigenvalue weighted by molar-refractivity contribution is 5.82. The number of aliphatic carboxylic acids is 1. The molecular weight excluding hydrogens is 250 g/mol. The number of likely N-dealkylation sites (tertiary alicyclic amines) is 1. The van der Waals surface area contributed by atoms with E-state index in [2.05, 4.69) is 10.2 Å². The Morgan fingerprint density at radius 1 is 1.37 bits per heavy atom. The van der Waals surface area contributed by atoms with Crippen LogP contribution in [0.5, 0.6) is 0 Å². The van der Waals surface area contributed by atoms with Gasteiger partial charge in [0, 0.05) is 32.2 Å². The number of nitrogens with zero attached hydrogens (tertiary/aromatic N) is 2. The fourth-order valence-corrected chi connectivity index (χ4v) is 2.21. The van der Waals surface area contributed by atoms with Crippen molar-refractivity contribution >= 4 is 12.0 Å². The molecule has 0 aromatic carbocycles. The first-order valence-electron chi connectivity index (χ1n) is 6.51. The lowest BCUT2D eigenvalue weighted by Crippen LogP contribution is -2.52. The van der Waals surface area contributed by atoms with Crippen molar-refractivity contribution in [1.82, 2.24) is 15.1 Å². The molecule has 2 amide bonds. The standard InChI is InChI=1S/C12H23N3O4/c1-14(2)9-3-6-15(7-4-9)12(19)13-10(5-8-16)11(17)18/h9-10,16H,3-8H2,1-2H3,(H,13,19)(H,17,18)/t10-/m0/s1. The van der Waals surface area contributed by atoms with Gasteiger partial charge in [-0.2, -0.15) is 0 Å². The zero-order valence-corrected chi connectivity index (χ0v) is 11.5. The van der Waals surface area contributed by atoms with Crippen LogP contribution in [0.15, 0.2) is 0 Å². The summed E-state index contributed by atoms with van der Waals surface area (Å²) in [6.45, 7) is 0.986. The first kappa shape index (κ1) is 15.7. The monoisotopic (exact) mass is 273 g/mol. The maximum atomic E-state index is 11.9. The van der Waals surface area contributed by atoms with Gasteiger partial charge in [-0.15, -0.1) is 0 Å². The quantitative estimate of drug-likeness (QED) is 0.631. The number of amides is 2. The fourth-order valence-electron chi connectivity index (χ4n) is 2.21. The molecule has 1 rings (SSSR count). The number of carboxylic acid groups (broad SMARTS) is 1. The second kappa shape index (κ2) is 7.30. The van der Waals surface area contributed by atoms with Gasteiger partial charge in [-0.05, 0) is 26.9 Å². The van der Waals surface area contributed by atoms with E-state index in [1.165, 1.54) is 0 Å². The van der Waals surface area contributed by atoms with Crippen molar-refractivity contribution in [2.75, 3.05) is 33.8 Å². The van der Waals surface area contributed by atoms with E-state index in [1.54, 1.807) is 4.90 Å². The zero-order chi connectivity index (χ0) is 14.4. The van der Waals surface area contributed by atoms with Crippen molar-refractivity contribution in [1.29, 1.82) is 0 Å². The van der Waals surface area contributed by atoms with E-state index >= 15 is 0 Å². The lowest BCUT2D eigenvalue weighted by molar-refractivity contribution is -0.139. The summed E-state index contributed by atoms with van der Waals surface area (Å²) in [4.78, 5) is 26.6. The highest BCUT2D eigenvalue weighted by atomic mass is 16.4. The van der Waals surface area contributed by atoms with Crippen molar-refractivity contribution < 1.29 is 19.8 Å². The van der Waals surface area contributed by atoms with Crippen LogP contribution in [-0.4, -0.2) is 77.9 Å². The molecule has 7 nitrogen and oxygen atoms in total. The smallest absolute Gasteiger partial charge is 0.326 e. The Morgan fingerprint density at radius 2 is 1.95 bits per heavy atom. The first-order valence-corrected chi connectivity index (χ1v) is 6.51. The van der Waals surface area contributed by atoms with Gasteiger partial charge in [-0.3, -0.25) is 0 Å². The molecular formula is C12H23N3O4. The van der Waals surface area contributed by atoms with Gasteiger partial charge in [-0.1, -0.05) is 0 Å². The van der Waals surface area contributed by atoms with Crippen LogP contribution in [0.1, 0.15) is 19.3 Å². The van der Waals surface area contributed by atoms with Crippen LogP contribution < -0.4 is 5.32 Å². The molecule has 0 aromatic heterocycles. The van der Waals surface area contributed by atoms with E-state index in [0.29, 0.717) is 19.1 Å². The summed E-state index contributed by atoms with van der Waals surface area (Å²) in [5.41, 5.74) is 0. The summed E-state index contributed by atoms with van der Waals surface area (Å²) in [5.74, 6) is -1.12. The minimum atomic E-state index is -1.12. The molecule has 0 spiro atoms. The number of hydrogen-bond donors (Lipinski definition) is 3. The number of carboxylic acids is 1. The molecule has 0 radical (unpaired) electrons. The van der Waals surface area contributed by atoms with E-state index in [0.717, 1.165) is 12.8 Å². The summed E-state index contributed by atoms with van der Waals surface area (Å²) in [7, 11) is 4.03. The van der Waals surface area contributed by atoms with Crippen molar-refractivity contribution in [2.24, 2.45) is 0 Å². The molecule has 1 heterocycles. The fraction of sp³-hybridized carbons (Fsp3) is 0.833. The molecule has 0 aliphatic carbocycles. The third-order valence-electron chi connectivity index (χ3n) is 3.50. The van der Waals surface area contributed by atoms with Crippen molar-refractivity contribution in [3.05, 3.63) is 0 Å². The van der Waals surface area contributed by atoms with Gasteiger partial charge < -0.3 is 25.3 Å². The SMILES string of the molecule is CN(C)C1CCN(C(=O)N[C@@H](CCO)C(=O)O)CC1. The molecule has 0 aromatic rings. The van der Waals surface area contributed by atoms with Crippen LogP contribution in [0.3, 0.4) is 0 Å². The normalized spacial score (nSPS) is 18.4. The second-order valence-corrected chi connectivity index (χ2v) is 5.03. The summed E-state index contributed by atoms with van der Waals surface area (Å²) in [5, 5.41) is 20.1. The van der Waals surface area contributed by atoms with Gasteiger partial charge in [0.1, 0.15) is 6.04 Å². The third kappa shape index (κ3) is 4.68. The van der Waals surface area contributed by atoms with Gasteiger partial charge in [0.15, 0.2) is 0 Å². The third-order valence-corrected chi connectivity index (χ3v) is 3.50. The largest absolute Gasteiger partial charge is 0.480 e. The molecule has 0 saturated carbocycles. The van der Waals surface area contributed by atoms with Crippen LogP contribution in [0, 0.1) is 0 Å². The topological polar surface area (TPSA) is 93.1 Å². The van der Waals surface area contributed by atoms with E-state index < -0.39 is 12.0 Å². The predicted molar refractivity (Wildman–Crippen MR) is 69.9 cm³/mol. The van der Waals surface area contributed by atoms with Crippen LogP contribution in [0.4, 0.5) is 4.79 Å². The summed E-state index contributed by atoms with van der Waals surface area (Å²) < 4.78 is 0. The highest BCUT2D eigenvalue weighted by Gasteiger charge is 2.26. The molecule has 1 saturated heterocycles. The maximum absolute atomic E-state index is 11.9. The number of urea groups is 1. The lowest BCUT2D eigenvalue weighted by Gasteiger charge is -2.35. The minimum absolute atomic E-state index is 0.0231. The second-order valence-electron chi connectivity index (χ2n) is 5.03. The van der Waals surface area contributed by atoms with Gasteiger partial charge in [0.2, 0.25) is 0 Å². The number of carbonyl (C=O) groups is 2. The lowest BCUT2D eigenvalue weighted by atomic mass is 10.0. The maximum Gasteiger partial charge on any atom is 0.326 e. The van der Waals surface area contributed by atoms with E-state index in [-0.39, 0.29) is 19.1 Å². The average Bonchev–Trinajstić information content (AvgIpc) is 2.38. The number of rotatable bonds is 5. The summed E-state index contributed by atoms with van der Waals surface area (Å²) in [6.07, 6.45) is 1.80. The highest BCUT2D eigenvalue weighted by Crippen LogP contribution is 2.14. The Hall–Kier alpha value is -1.34. The van der Waals surface area contributed by atoms with Crippen LogP contribution in [-0.2, 0) is 4.79 Å². The number of aliphatic hydroxyl groups excluding tert-OH is 1. The Kier molecular flexibility index (Phi) is 6.04.